The van der Waals surface area contributed by atoms with Crippen LogP contribution in [0.4, 0.5) is 0 Å². The Morgan fingerprint density at radius 1 is 1.14 bits per heavy atom. The Morgan fingerprint density at radius 2 is 1.86 bits per heavy atom. The van der Waals surface area contributed by atoms with E-state index in [4.69, 9.17) is 4.98 Å². The molecule has 0 unspecified atom stereocenters. The Kier molecular flexibility index (Phi) is 4.25. The van der Waals surface area contributed by atoms with Gasteiger partial charge in [-0.2, -0.15) is 4.37 Å². The normalized spacial score (nSPS) is 23.1. The van der Waals surface area contributed by atoms with Crippen molar-refractivity contribution < 1.29 is 0 Å². The molecule has 4 heteroatoms. The van der Waals surface area contributed by atoms with E-state index in [0.29, 0.717) is 5.92 Å². The van der Waals surface area contributed by atoms with E-state index in [-0.39, 0.29) is 0 Å². The molecule has 1 saturated carbocycles. The minimum Gasteiger partial charge on any atom is -0.237 e. The van der Waals surface area contributed by atoms with Crippen molar-refractivity contribution >= 4 is 21.7 Å². The highest BCUT2D eigenvalue weighted by atomic mass is 32.1. The van der Waals surface area contributed by atoms with Gasteiger partial charge in [-0.3, -0.25) is 0 Å². The summed E-state index contributed by atoms with van der Waals surface area (Å²) in [5, 5.41) is 1.25. The average molecular weight is 303 g/mol. The van der Waals surface area contributed by atoms with Crippen molar-refractivity contribution in [3.8, 4) is 0 Å². The summed E-state index contributed by atoms with van der Waals surface area (Å²) in [6.45, 7) is 8.80. The van der Waals surface area contributed by atoms with Crippen LogP contribution in [-0.2, 0) is 6.42 Å². The minimum atomic E-state index is 0.440. The Hall–Kier alpha value is -1.03. The number of hydrogen-bond acceptors (Lipinski definition) is 4. The SMILES string of the molecule is Cc1nc(CC2CCC(C)CC2)c2c(C(C)C)nsc2n1. The number of aryl methyl sites for hydroxylation is 1. The van der Waals surface area contributed by atoms with Crippen LogP contribution < -0.4 is 0 Å². The van der Waals surface area contributed by atoms with E-state index >= 15 is 0 Å². The van der Waals surface area contributed by atoms with E-state index in [2.05, 4.69) is 30.1 Å². The second kappa shape index (κ2) is 5.99. The molecule has 114 valence electrons. The van der Waals surface area contributed by atoms with Crippen LogP contribution in [-0.4, -0.2) is 14.3 Å². The van der Waals surface area contributed by atoms with Gasteiger partial charge in [0, 0.05) is 0 Å². The fourth-order valence-corrected chi connectivity index (χ4v) is 4.39. The first kappa shape index (κ1) is 14.9. The molecule has 0 saturated heterocycles. The molecule has 1 fully saturated rings. The van der Waals surface area contributed by atoms with E-state index in [0.717, 1.165) is 28.9 Å². The molecule has 0 N–H and O–H groups in total. The Bertz CT molecular complexity index is 624. The highest BCUT2D eigenvalue weighted by Crippen LogP contribution is 2.34. The molecular weight excluding hydrogens is 278 g/mol. The molecule has 21 heavy (non-hydrogen) atoms. The summed E-state index contributed by atoms with van der Waals surface area (Å²) in [6, 6.07) is 0. The largest absolute Gasteiger partial charge is 0.237 e. The van der Waals surface area contributed by atoms with Crippen LogP contribution in [0, 0.1) is 18.8 Å². The first-order chi connectivity index (χ1) is 10.0. The molecule has 0 amide bonds. The molecule has 0 radical (unpaired) electrons. The average Bonchev–Trinajstić information content (AvgIpc) is 2.85. The zero-order chi connectivity index (χ0) is 15.0. The lowest BCUT2D eigenvalue weighted by molar-refractivity contribution is 0.288. The van der Waals surface area contributed by atoms with Gasteiger partial charge in [-0.15, -0.1) is 0 Å². The fourth-order valence-electron chi connectivity index (χ4n) is 3.41. The molecular formula is C17H25N3S. The third-order valence-corrected chi connectivity index (χ3v) is 5.47. The summed E-state index contributed by atoms with van der Waals surface area (Å²) in [5.41, 5.74) is 2.43. The molecule has 0 aliphatic heterocycles. The molecule has 1 aliphatic rings. The van der Waals surface area contributed by atoms with Crippen molar-refractivity contribution in [1.82, 2.24) is 14.3 Å². The summed E-state index contributed by atoms with van der Waals surface area (Å²) in [6.07, 6.45) is 6.54. The van der Waals surface area contributed by atoms with Gasteiger partial charge in [0.15, 0.2) is 0 Å². The molecule has 2 aromatic rings. The van der Waals surface area contributed by atoms with Crippen LogP contribution in [0.2, 0.25) is 0 Å². The Balaban J connectivity index is 1.94. The maximum Gasteiger partial charge on any atom is 0.147 e. The molecule has 0 bridgehead atoms. The van der Waals surface area contributed by atoms with Crippen molar-refractivity contribution in [2.45, 2.75) is 65.7 Å². The van der Waals surface area contributed by atoms with Crippen LogP contribution in [0.15, 0.2) is 0 Å². The lowest BCUT2D eigenvalue weighted by Crippen LogP contribution is -2.15. The van der Waals surface area contributed by atoms with Crippen molar-refractivity contribution in [2.24, 2.45) is 11.8 Å². The standard InChI is InChI=1S/C17H25N3S/c1-10(2)16-15-14(9-13-7-5-11(3)6-8-13)18-12(4)19-17(15)21-20-16/h10-11,13H,5-9H2,1-4H3. The summed E-state index contributed by atoms with van der Waals surface area (Å²) >= 11 is 1.53. The zero-order valence-electron chi connectivity index (χ0n) is 13.5. The van der Waals surface area contributed by atoms with Gasteiger partial charge in [0.2, 0.25) is 0 Å². The number of rotatable bonds is 3. The van der Waals surface area contributed by atoms with Crippen LogP contribution in [0.25, 0.3) is 10.2 Å². The highest BCUT2D eigenvalue weighted by Gasteiger charge is 2.22. The van der Waals surface area contributed by atoms with Crippen molar-refractivity contribution in [1.29, 1.82) is 0 Å². The van der Waals surface area contributed by atoms with Gasteiger partial charge in [-0.1, -0.05) is 33.6 Å². The first-order valence-corrected chi connectivity index (χ1v) is 8.94. The molecule has 0 aromatic carbocycles. The van der Waals surface area contributed by atoms with Gasteiger partial charge in [0.05, 0.1) is 16.8 Å². The maximum atomic E-state index is 4.79. The van der Waals surface area contributed by atoms with Gasteiger partial charge in [0.25, 0.3) is 0 Å². The third kappa shape index (κ3) is 3.10. The van der Waals surface area contributed by atoms with Crippen LogP contribution >= 0.6 is 11.5 Å². The number of fused-ring (bicyclic) bond motifs is 1. The number of nitrogens with zero attached hydrogens (tertiary/aromatic N) is 3. The van der Waals surface area contributed by atoms with Crippen LogP contribution in [0.1, 0.15) is 69.6 Å². The molecule has 0 atom stereocenters. The summed E-state index contributed by atoms with van der Waals surface area (Å²) in [7, 11) is 0. The lowest BCUT2D eigenvalue weighted by Gasteiger charge is -2.26. The van der Waals surface area contributed by atoms with E-state index in [1.165, 1.54) is 54.0 Å². The zero-order valence-corrected chi connectivity index (χ0v) is 14.3. The Labute approximate surface area is 131 Å². The predicted molar refractivity (Wildman–Crippen MR) is 88.9 cm³/mol. The molecule has 1 aliphatic carbocycles. The summed E-state index contributed by atoms with van der Waals surface area (Å²) in [5.74, 6) is 3.02. The van der Waals surface area contributed by atoms with Crippen LogP contribution in [0.5, 0.6) is 0 Å². The van der Waals surface area contributed by atoms with Gasteiger partial charge < -0.3 is 0 Å². The lowest BCUT2D eigenvalue weighted by atomic mass is 9.80. The second-order valence-electron chi connectivity index (χ2n) is 6.95. The van der Waals surface area contributed by atoms with Gasteiger partial charge in [0.1, 0.15) is 10.7 Å². The quantitative estimate of drug-likeness (QED) is 0.810. The highest BCUT2D eigenvalue weighted by molar-refractivity contribution is 7.13. The van der Waals surface area contributed by atoms with Crippen molar-refractivity contribution in [3.63, 3.8) is 0 Å². The minimum absolute atomic E-state index is 0.440. The topological polar surface area (TPSA) is 38.7 Å². The monoisotopic (exact) mass is 303 g/mol. The molecule has 0 spiro atoms. The Morgan fingerprint density at radius 3 is 2.52 bits per heavy atom. The van der Waals surface area contributed by atoms with Gasteiger partial charge >= 0.3 is 0 Å². The van der Waals surface area contributed by atoms with Gasteiger partial charge in [-0.25, -0.2) is 9.97 Å². The molecule has 3 rings (SSSR count). The smallest absolute Gasteiger partial charge is 0.147 e. The maximum absolute atomic E-state index is 4.79. The van der Waals surface area contributed by atoms with E-state index in [1.807, 2.05) is 6.92 Å². The van der Waals surface area contributed by atoms with Crippen molar-refractivity contribution in [2.75, 3.05) is 0 Å². The van der Waals surface area contributed by atoms with E-state index in [1.54, 1.807) is 0 Å². The summed E-state index contributed by atoms with van der Waals surface area (Å²) < 4.78 is 4.64. The number of hydrogen-bond donors (Lipinski definition) is 0. The van der Waals surface area contributed by atoms with Gasteiger partial charge in [-0.05, 0) is 55.5 Å². The predicted octanol–water partition coefficient (Wildman–Crippen LogP) is 4.89. The summed E-state index contributed by atoms with van der Waals surface area (Å²) in [4.78, 5) is 10.4. The molecule has 2 aromatic heterocycles. The molecule has 3 nitrogen and oxygen atoms in total. The van der Waals surface area contributed by atoms with Crippen LogP contribution in [0.3, 0.4) is 0 Å². The number of aromatic nitrogens is 3. The molecule has 2 heterocycles. The first-order valence-electron chi connectivity index (χ1n) is 8.17. The third-order valence-electron chi connectivity index (χ3n) is 4.71. The van der Waals surface area contributed by atoms with E-state index in [9.17, 15) is 0 Å². The second-order valence-corrected chi connectivity index (χ2v) is 7.70. The van der Waals surface area contributed by atoms with Crippen molar-refractivity contribution in [3.05, 3.63) is 17.2 Å². The fraction of sp³-hybridized carbons (Fsp3) is 0.706. The van der Waals surface area contributed by atoms with E-state index < -0.39 is 0 Å².